The lowest BCUT2D eigenvalue weighted by Crippen LogP contribution is -2.29. The molecule has 0 spiro atoms. The topological polar surface area (TPSA) is 65.4 Å². The number of aromatic nitrogens is 2. The van der Waals surface area contributed by atoms with Crippen molar-refractivity contribution < 1.29 is 14.3 Å². The fraction of sp³-hybridized carbons (Fsp3) is 0.300. The van der Waals surface area contributed by atoms with Crippen molar-refractivity contribution in [1.29, 1.82) is 0 Å². The first kappa shape index (κ1) is 17.8. The Morgan fingerprint density at radius 2 is 1.96 bits per heavy atom. The van der Waals surface area contributed by atoms with Crippen molar-refractivity contribution >= 4 is 16.9 Å². The number of methoxy groups -OCH3 is 2. The van der Waals surface area contributed by atoms with E-state index in [9.17, 15) is 4.79 Å². The highest BCUT2D eigenvalue weighted by molar-refractivity contribution is 5.79. The van der Waals surface area contributed by atoms with Crippen LogP contribution in [-0.2, 0) is 17.8 Å². The molecule has 0 saturated heterocycles. The van der Waals surface area contributed by atoms with Crippen LogP contribution < -0.4 is 14.8 Å². The van der Waals surface area contributed by atoms with Crippen molar-refractivity contribution in [2.24, 2.45) is 0 Å². The van der Waals surface area contributed by atoms with Gasteiger partial charge in [-0.25, -0.2) is 4.98 Å². The maximum atomic E-state index is 12.3. The molecule has 0 aliphatic heterocycles. The molecule has 0 aliphatic carbocycles. The van der Waals surface area contributed by atoms with Crippen molar-refractivity contribution in [3.05, 3.63) is 53.9 Å². The summed E-state index contributed by atoms with van der Waals surface area (Å²) in [6, 6.07) is 13.4. The Kier molecular flexibility index (Phi) is 5.41. The molecule has 0 saturated carbocycles. The van der Waals surface area contributed by atoms with Crippen LogP contribution in [0.15, 0.2) is 42.5 Å². The second kappa shape index (κ2) is 7.91. The third kappa shape index (κ3) is 3.79. The van der Waals surface area contributed by atoms with Gasteiger partial charge in [-0.1, -0.05) is 12.1 Å². The number of ether oxygens (including phenoxy) is 2. The van der Waals surface area contributed by atoms with E-state index >= 15 is 0 Å². The third-order valence-electron chi connectivity index (χ3n) is 4.34. The van der Waals surface area contributed by atoms with Gasteiger partial charge in [0, 0.05) is 18.7 Å². The zero-order valence-electron chi connectivity index (χ0n) is 15.3. The van der Waals surface area contributed by atoms with Gasteiger partial charge in [0.25, 0.3) is 0 Å². The van der Waals surface area contributed by atoms with Crippen LogP contribution in [0.25, 0.3) is 11.0 Å². The summed E-state index contributed by atoms with van der Waals surface area (Å²) < 4.78 is 12.7. The number of hydrogen-bond donors (Lipinski definition) is 1. The van der Waals surface area contributed by atoms with Gasteiger partial charge in [-0.05, 0) is 37.3 Å². The lowest BCUT2D eigenvalue weighted by atomic mass is 10.1. The molecular formula is C20H23N3O3. The van der Waals surface area contributed by atoms with Gasteiger partial charge in [-0.2, -0.15) is 0 Å². The number of fused-ring (bicyclic) bond motifs is 1. The van der Waals surface area contributed by atoms with Gasteiger partial charge in [0.2, 0.25) is 5.91 Å². The molecule has 0 atom stereocenters. The molecule has 6 nitrogen and oxygen atoms in total. The minimum absolute atomic E-state index is 0.0568. The van der Waals surface area contributed by atoms with E-state index in [1.165, 1.54) is 0 Å². The lowest BCUT2D eigenvalue weighted by molar-refractivity contribution is -0.120. The zero-order chi connectivity index (χ0) is 18.5. The van der Waals surface area contributed by atoms with Gasteiger partial charge in [0.1, 0.15) is 17.3 Å². The van der Waals surface area contributed by atoms with Crippen LogP contribution in [0.2, 0.25) is 0 Å². The molecule has 1 N–H and O–H groups in total. The molecule has 136 valence electrons. The Morgan fingerprint density at radius 1 is 1.15 bits per heavy atom. The number of rotatable bonds is 7. The smallest absolute Gasteiger partial charge is 0.224 e. The summed E-state index contributed by atoms with van der Waals surface area (Å²) >= 11 is 0. The molecule has 3 aromatic rings. The minimum Gasteiger partial charge on any atom is -0.497 e. The number of para-hydroxylation sites is 2. The first-order valence-electron chi connectivity index (χ1n) is 8.52. The van der Waals surface area contributed by atoms with Gasteiger partial charge in [0.15, 0.2) is 0 Å². The Hall–Kier alpha value is -3.02. The number of carbonyl (C=O) groups excluding carboxylic acids is 1. The van der Waals surface area contributed by atoms with Gasteiger partial charge in [0.05, 0.1) is 31.7 Å². The molecule has 0 aliphatic rings. The van der Waals surface area contributed by atoms with Crippen LogP contribution in [0, 0.1) is 6.92 Å². The van der Waals surface area contributed by atoms with E-state index in [1.54, 1.807) is 14.2 Å². The Morgan fingerprint density at radius 3 is 2.73 bits per heavy atom. The van der Waals surface area contributed by atoms with Crippen molar-refractivity contribution in [3.8, 4) is 11.5 Å². The largest absolute Gasteiger partial charge is 0.497 e. The average Bonchev–Trinajstić information content (AvgIpc) is 2.97. The van der Waals surface area contributed by atoms with E-state index in [-0.39, 0.29) is 12.3 Å². The number of aryl methyl sites for hydroxylation is 1. The highest BCUT2D eigenvalue weighted by atomic mass is 16.5. The van der Waals surface area contributed by atoms with E-state index < -0.39 is 0 Å². The number of benzene rings is 2. The highest BCUT2D eigenvalue weighted by Gasteiger charge is 2.11. The normalized spacial score (nSPS) is 10.7. The van der Waals surface area contributed by atoms with Crippen LogP contribution in [0.5, 0.6) is 11.5 Å². The Balaban J connectivity index is 1.62. The highest BCUT2D eigenvalue weighted by Crippen LogP contribution is 2.24. The molecule has 6 heteroatoms. The number of amides is 1. The maximum Gasteiger partial charge on any atom is 0.224 e. The second-order valence-corrected chi connectivity index (χ2v) is 6.00. The molecule has 1 heterocycles. The number of carbonyl (C=O) groups is 1. The average molecular weight is 353 g/mol. The monoisotopic (exact) mass is 353 g/mol. The number of hydrogen-bond acceptors (Lipinski definition) is 4. The van der Waals surface area contributed by atoms with Crippen molar-refractivity contribution in [1.82, 2.24) is 14.9 Å². The summed E-state index contributed by atoms with van der Waals surface area (Å²) in [6.45, 7) is 3.18. The summed E-state index contributed by atoms with van der Waals surface area (Å²) in [5, 5.41) is 2.97. The Labute approximate surface area is 152 Å². The van der Waals surface area contributed by atoms with Crippen molar-refractivity contribution in [2.45, 2.75) is 19.9 Å². The minimum atomic E-state index is -0.0568. The van der Waals surface area contributed by atoms with Crippen LogP contribution in [0.3, 0.4) is 0 Å². The maximum absolute atomic E-state index is 12.3. The van der Waals surface area contributed by atoms with Gasteiger partial charge in [-0.15, -0.1) is 0 Å². The summed E-state index contributed by atoms with van der Waals surface area (Å²) in [4.78, 5) is 16.9. The predicted molar refractivity (Wildman–Crippen MR) is 101 cm³/mol. The fourth-order valence-electron chi connectivity index (χ4n) is 3.04. The molecule has 1 amide bonds. The van der Waals surface area contributed by atoms with E-state index in [0.717, 1.165) is 22.4 Å². The first-order chi connectivity index (χ1) is 12.6. The molecular weight excluding hydrogens is 330 g/mol. The number of imidazole rings is 1. The molecule has 0 radical (unpaired) electrons. The van der Waals surface area contributed by atoms with Crippen LogP contribution in [-0.4, -0.2) is 36.2 Å². The van der Waals surface area contributed by atoms with Crippen molar-refractivity contribution in [3.63, 3.8) is 0 Å². The summed E-state index contributed by atoms with van der Waals surface area (Å²) in [5.41, 5.74) is 2.85. The summed E-state index contributed by atoms with van der Waals surface area (Å²) in [7, 11) is 3.19. The van der Waals surface area contributed by atoms with Crippen LogP contribution >= 0.6 is 0 Å². The van der Waals surface area contributed by atoms with Gasteiger partial charge < -0.3 is 19.4 Å². The Bertz CT molecular complexity index is 918. The third-order valence-corrected chi connectivity index (χ3v) is 4.34. The number of nitrogens with one attached hydrogen (secondary N) is 1. The molecule has 0 fully saturated rings. The molecule has 3 rings (SSSR count). The van der Waals surface area contributed by atoms with E-state index in [2.05, 4.69) is 14.9 Å². The van der Waals surface area contributed by atoms with Crippen molar-refractivity contribution in [2.75, 3.05) is 20.8 Å². The van der Waals surface area contributed by atoms with E-state index in [0.29, 0.717) is 24.6 Å². The summed E-state index contributed by atoms with van der Waals surface area (Å²) in [6.07, 6.45) is 0.240. The summed E-state index contributed by atoms with van der Waals surface area (Å²) in [5.74, 6) is 2.26. The van der Waals surface area contributed by atoms with E-state index in [4.69, 9.17) is 9.47 Å². The first-order valence-corrected chi connectivity index (χ1v) is 8.52. The van der Waals surface area contributed by atoms with Gasteiger partial charge >= 0.3 is 0 Å². The number of nitrogens with zero attached hydrogens (tertiary/aromatic N) is 2. The SMILES string of the molecule is COc1ccc(OC)c(CC(=O)NCCn2c(C)nc3ccccc32)c1. The second-order valence-electron chi connectivity index (χ2n) is 6.00. The quantitative estimate of drug-likeness (QED) is 0.709. The fourth-order valence-corrected chi connectivity index (χ4v) is 3.04. The lowest BCUT2D eigenvalue weighted by Gasteiger charge is -2.11. The zero-order valence-corrected chi connectivity index (χ0v) is 15.3. The van der Waals surface area contributed by atoms with Gasteiger partial charge in [-0.3, -0.25) is 4.79 Å². The van der Waals surface area contributed by atoms with E-state index in [1.807, 2.05) is 49.4 Å². The molecule has 0 bridgehead atoms. The molecule has 26 heavy (non-hydrogen) atoms. The van der Waals surface area contributed by atoms with Crippen LogP contribution in [0.4, 0.5) is 0 Å². The predicted octanol–water partition coefficient (Wildman–Crippen LogP) is 2.72. The van der Waals surface area contributed by atoms with Crippen LogP contribution in [0.1, 0.15) is 11.4 Å². The standard InChI is InChI=1S/C20H23N3O3/c1-14-22-17-6-4-5-7-18(17)23(14)11-10-21-20(24)13-15-12-16(25-2)8-9-19(15)26-3/h4-9,12H,10-11,13H2,1-3H3,(H,21,24). The molecule has 1 aromatic heterocycles. The molecule has 2 aromatic carbocycles. The molecule has 0 unspecified atom stereocenters.